The monoisotopic (exact) mass is 529 g/mol. The van der Waals surface area contributed by atoms with E-state index >= 15 is 0 Å². The van der Waals surface area contributed by atoms with Crippen LogP contribution in [-0.2, 0) is 14.8 Å². The molecule has 1 saturated carbocycles. The van der Waals surface area contributed by atoms with Crippen molar-refractivity contribution in [3.63, 3.8) is 0 Å². The molecule has 2 aliphatic heterocycles. The quantitative estimate of drug-likeness (QED) is 0.272. The predicted octanol–water partition coefficient (Wildman–Crippen LogP) is 0.553. The number of rotatable bonds is 8. The Bertz CT molecular complexity index is 594. The number of hydrogen-bond donors (Lipinski definition) is 2. The minimum absolute atomic E-state index is 0. The fourth-order valence-electron chi connectivity index (χ4n) is 3.97. The molecule has 0 radical (unpaired) electrons. The van der Waals surface area contributed by atoms with Gasteiger partial charge >= 0.3 is 0 Å². The molecular weight excluding hydrogens is 493 g/mol. The zero-order valence-corrected chi connectivity index (χ0v) is 20.1. The first-order chi connectivity index (χ1) is 13.1. The van der Waals surface area contributed by atoms with Gasteiger partial charge < -0.3 is 15.0 Å². The second kappa shape index (κ2) is 11.9. The molecule has 164 valence electrons. The first kappa shape index (κ1) is 24.1. The van der Waals surface area contributed by atoms with E-state index in [0.29, 0.717) is 24.9 Å². The highest BCUT2D eigenvalue weighted by molar-refractivity contribution is 14.0. The Kier molecular flexibility index (Phi) is 10.2. The summed E-state index contributed by atoms with van der Waals surface area (Å²) in [6.45, 7) is 7.75. The van der Waals surface area contributed by atoms with Crippen molar-refractivity contribution in [1.82, 2.24) is 19.8 Å². The Hall–Kier alpha value is -0.170. The number of guanidine groups is 1. The molecule has 0 amide bonds. The summed E-state index contributed by atoms with van der Waals surface area (Å²) in [5.41, 5.74) is 0. The zero-order valence-electron chi connectivity index (χ0n) is 16.9. The van der Waals surface area contributed by atoms with Crippen LogP contribution < -0.4 is 10.0 Å². The maximum atomic E-state index is 12.1. The number of likely N-dealkylation sites (tertiary alicyclic amines) is 1. The van der Waals surface area contributed by atoms with Crippen LogP contribution in [0.15, 0.2) is 4.99 Å². The van der Waals surface area contributed by atoms with Crippen molar-refractivity contribution < 1.29 is 13.2 Å². The summed E-state index contributed by atoms with van der Waals surface area (Å²) >= 11 is 0. The highest BCUT2D eigenvalue weighted by Gasteiger charge is 2.27. The molecular formula is C18H36IN5O3S. The Morgan fingerprint density at radius 2 is 1.89 bits per heavy atom. The standard InChI is InChI=1S/C18H35N5O3S.HI/c1-19-18(20-6-12-27(24,25)21-13-16-3-2-4-16)23-7-5-17(15-23)14-22-8-10-26-11-9-22;/h16-17,21H,2-15H2,1H3,(H,19,20);1H. The summed E-state index contributed by atoms with van der Waals surface area (Å²) in [6, 6.07) is 0. The van der Waals surface area contributed by atoms with Crippen molar-refractivity contribution in [1.29, 1.82) is 0 Å². The van der Waals surface area contributed by atoms with Gasteiger partial charge in [-0.3, -0.25) is 9.89 Å². The second-order valence-corrected chi connectivity index (χ2v) is 9.88. The lowest BCUT2D eigenvalue weighted by Crippen LogP contribution is -2.44. The molecule has 2 heterocycles. The number of sulfonamides is 1. The van der Waals surface area contributed by atoms with Gasteiger partial charge in [-0.25, -0.2) is 13.1 Å². The van der Waals surface area contributed by atoms with Gasteiger partial charge in [-0.2, -0.15) is 0 Å². The lowest BCUT2D eigenvalue weighted by atomic mass is 9.86. The van der Waals surface area contributed by atoms with E-state index in [0.717, 1.165) is 71.2 Å². The summed E-state index contributed by atoms with van der Waals surface area (Å²) in [5, 5.41) is 3.23. The van der Waals surface area contributed by atoms with Crippen molar-refractivity contribution in [2.75, 3.05) is 71.8 Å². The lowest BCUT2D eigenvalue weighted by molar-refractivity contribution is 0.0315. The molecule has 0 spiro atoms. The highest BCUT2D eigenvalue weighted by atomic mass is 127. The van der Waals surface area contributed by atoms with E-state index in [1.165, 1.54) is 6.42 Å². The number of halogens is 1. The maximum Gasteiger partial charge on any atom is 0.213 e. The van der Waals surface area contributed by atoms with Crippen LogP contribution in [0.4, 0.5) is 0 Å². The fraction of sp³-hybridized carbons (Fsp3) is 0.944. The summed E-state index contributed by atoms with van der Waals surface area (Å²) in [6.07, 6.45) is 4.67. The van der Waals surface area contributed by atoms with E-state index in [1.54, 1.807) is 7.05 Å². The Morgan fingerprint density at radius 1 is 1.14 bits per heavy atom. The number of morpholine rings is 1. The first-order valence-corrected chi connectivity index (χ1v) is 11.9. The normalized spacial score (nSPS) is 24.7. The molecule has 2 saturated heterocycles. The highest BCUT2D eigenvalue weighted by Crippen LogP contribution is 2.25. The van der Waals surface area contributed by atoms with Gasteiger partial charge in [0, 0.05) is 52.9 Å². The molecule has 28 heavy (non-hydrogen) atoms. The molecule has 3 rings (SSSR count). The molecule has 0 bridgehead atoms. The van der Waals surface area contributed by atoms with E-state index < -0.39 is 10.0 Å². The molecule has 3 aliphatic rings. The largest absolute Gasteiger partial charge is 0.379 e. The average molecular weight is 529 g/mol. The topological polar surface area (TPSA) is 86.3 Å². The van der Waals surface area contributed by atoms with Gasteiger partial charge in [0.1, 0.15) is 0 Å². The Morgan fingerprint density at radius 3 is 2.54 bits per heavy atom. The average Bonchev–Trinajstić information content (AvgIpc) is 3.06. The Labute approximate surface area is 186 Å². The number of aliphatic imine (C=N–C) groups is 1. The summed E-state index contributed by atoms with van der Waals surface area (Å²) in [5.74, 6) is 2.07. The van der Waals surface area contributed by atoms with Crippen molar-refractivity contribution in [2.24, 2.45) is 16.8 Å². The van der Waals surface area contributed by atoms with Crippen LogP contribution in [0.3, 0.4) is 0 Å². The number of nitrogens with zero attached hydrogens (tertiary/aromatic N) is 3. The molecule has 1 atom stereocenters. The maximum absolute atomic E-state index is 12.1. The Balaban J connectivity index is 0.00000280. The summed E-state index contributed by atoms with van der Waals surface area (Å²) < 4.78 is 32.4. The van der Waals surface area contributed by atoms with Crippen molar-refractivity contribution in [3.05, 3.63) is 0 Å². The van der Waals surface area contributed by atoms with E-state index in [1.807, 2.05) is 0 Å². The third-order valence-corrected chi connectivity index (χ3v) is 7.24. The smallest absolute Gasteiger partial charge is 0.213 e. The van der Waals surface area contributed by atoms with Gasteiger partial charge in [0.25, 0.3) is 0 Å². The van der Waals surface area contributed by atoms with Crippen LogP contribution in [0.1, 0.15) is 25.7 Å². The van der Waals surface area contributed by atoms with E-state index in [2.05, 4.69) is 24.8 Å². The van der Waals surface area contributed by atoms with Gasteiger partial charge in [-0.05, 0) is 31.1 Å². The van der Waals surface area contributed by atoms with Gasteiger partial charge in [-0.15, -0.1) is 24.0 Å². The molecule has 0 aromatic rings. The minimum atomic E-state index is -3.21. The molecule has 10 heteroatoms. The van der Waals surface area contributed by atoms with Crippen LogP contribution in [0, 0.1) is 11.8 Å². The van der Waals surface area contributed by atoms with E-state index in [-0.39, 0.29) is 29.7 Å². The minimum Gasteiger partial charge on any atom is -0.379 e. The van der Waals surface area contributed by atoms with Gasteiger partial charge in [0.15, 0.2) is 5.96 Å². The van der Waals surface area contributed by atoms with Gasteiger partial charge in [0.05, 0.1) is 19.0 Å². The van der Waals surface area contributed by atoms with Gasteiger partial charge in [0.2, 0.25) is 10.0 Å². The fourth-order valence-corrected chi connectivity index (χ4v) is 4.97. The molecule has 1 aliphatic carbocycles. The molecule has 0 aromatic carbocycles. The molecule has 0 aromatic heterocycles. The third-order valence-electron chi connectivity index (χ3n) is 5.89. The number of nitrogens with one attached hydrogen (secondary N) is 2. The molecule has 2 N–H and O–H groups in total. The summed E-state index contributed by atoms with van der Waals surface area (Å²) in [7, 11) is -1.45. The number of hydrogen-bond acceptors (Lipinski definition) is 5. The molecule has 8 nitrogen and oxygen atoms in total. The molecule has 1 unspecified atom stereocenters. The third kappa shape index (κ3) is 7.58. The van der Waals surface area contributed by atoms with Crippen molar-refractivity contribution in [3.8, 4) is 0 Å². The van der Waals surface area contributed by atoms with Crippen LogP contribution in [0.5, 0.6) is 0 Å². The first-order valence-electron chi connectivity index (χ1n) is 10.3. The van der Waals surface area contributed by atoms with Crippen molar-refractivity contribution in [2.45, 2.75) is 25.7 Å². The van der Waals surface area contributed by atoms with Crippen LogP contribution >= 0.6 is 24.0 Å². The zero-order chi connectivity index (χ0) is 19.1. The van der Waals surface area contributed by atoms with Crippen LogP contribution in [-0.4, -0.2) is 96.0 Å². The van der Waals surface area contributed by atoms with E-state index in [9.17, 15) is 8.42 Å². The summed E-state index contributed by atoms with van der Waals surface area (Å²) in [4.78, 5) is 9.08. The predicted molar refractivity (Wildman–Crippen MR) is 123 cm³/mol. The SMILES string of the molecule is CN=C(NCCS(=O)(=O)NCC1CCC1)N1CCC(CN2CCOCC2)C1.I. The van der Waals surface area contributed by atoms with E-state index in [4.69, 9.17) is 4.74 Å². The number of ether oxygens (including phenoxy) is 1. The van der Waals surface area contributed by atoms with Gasteiger partial charge in [-0.1, -0.05) is 6.42 Å². The van der Waals surface area contributed by atoms with Crippen molar-refractivity contribution >= 4 is 40.0 Å². The molecule has 3 fully saturated rings. The lowest BCUT2D eigenvalue weighted by Gasteiger charge is -2.29. The van der Waals surface area contributed by atoms with Crippen LogP contribution in [0.2, 0.25) is 0 Å². The van der Waals surface area contributed by atoms with Crippen LogP contribution in [0.25, 0.3) is 0 Å². The second-order valence-electron chi connectivity index (χ2n) is 7.95.